The number of anilines is 1. The first-order valence-corrected chi connectivity index (χ1v) is 7.55. The van der Waals surface area contributed by atoms with Crippen molar-refractivity contribution in [1.29, 1.82) is 0 Å². The summed E-state index contributed by atoms with van der Waals surface area (Å²) in [4.78, 5) is 12.2. The van der Waals surface area contributed by atoms with E-state index in [1.54, 1.807) is 43.5 Å². The number of carbonyl (C=O) groups excluding carboxylic acids is 1. The van der Waals surface area contributed by atoms with Crippen molar-refractivity contribution in [3.63, 3.8) is 0 Å². The van der Waals surface area contributed by atoms with Crippen LogP contribution < -0.4 is 10.1 Å². The molecule has 0 saturated heterocycles. The van der Waals surface area contributed by atoms with E-state index in [0.29, 0.717) is 10.7 Å². The number of hydrogen-bond donors (Lipinski definition) is 1. The maximum absolute atomic E-state index is 12.2. The van der Waals surface area contributed by atoms with Crippen LogP contribution in [-0.4, -0.2) is 23.3 Å². The molecule has 0 fully saturated rings. The Balaban J connectivity index is 1.72. The van der Waals surface area contributed by atoms with Gasteiger partial charge in [-0.3, -0.25) is 4.79 Å². The first-order valence-electron chi connectivity index (χ1n) is 7.17. The van der Waals surface area contributed by atoms with Crippen molar-refractivity contribution >= 4 is 23.3 Å². The summed E-state index contributed by atoms with van der Waals surface area (Å²) in [6.45, 7) is 0. The number of aromatic nitrogens is 2. The van der Waals surface area contributed by atoms with Gasteiger partial charge < -0.3 is 10.1 Å². The van der Waals surface area contributed by atoms with Crippen LogP contribution in [-0.2, 0) is 11.2 Å². The van der Waals surface area contributed by atoms with Crippen LogP contribution in [0.5, 0.6) is 5.75 Å². The van der Waals surface area contributed by atoms with Crippen molar-refractivity contribution in [3.8, 4) is 17.0 Å². The summed E-state index contributed by atoms with van der Waals surface area (Å²) < 4.78 is 9.88. The first kappa shape index (κ1) is 16.0. The average molecular weight is 344 g/mol. The molecule has 24 heavy (non-hydrogen) atoms. The summed E-state index contributed by atoms with van der Waals surface area (Å²) in [6.07, 6.45) is 0.200. The monoisotopic (exact) mass is 343 g/mol. The van der Waals surface area contributed by atoms with E-state index < -0.39 is 0 Å². The fourth-order valence-corrected chi connectivity index (χ4v) is 2.30. The Hall–Kier alpha value is -2.86. The second kappa shape index (κ2) is 7.14. The van der Waals surface area contributed by atoms with E-state index in [0.717, 1.165) is 16.9 Å². The molecule has 0 bridgehead atoms. The fourth-order valence-electron chi connectivity index (χ4n) is 2.17. The van der Waals surface area contributed by atoms with Gasteiger partial charge in [0.05, 0.1) is 13.5 Å². The largest absolute Gasteiger partial charge is 0.497 e. The molecule has 2 aromatic carbocycles. The SMILES string of the molecule is COc1ccc(-c2nonc2NC(=O)Cc2ccc(Cl)cc2)cc1. The van der Waals surface area contributed by atoms with Crippen molar-refractivity contribution in [2.24, 2.45) is 0 Å². The van der Waals surface area contributed by atoms with Crippen molar-refractivity contribution in [2.45, 2.75) is 6.42 Å². The first-order chi connectivity index (χ1) is 11.7. The highest BCUT2D eigenvalue weighted by atomic mass is 35.5. The molecule has 0 aliphatic heterocycles. The van der Waals surface area contributed by atoms with Gasteiger partial charge in [0.25, 0.3) is 0 Å². The molecule has 0 saturated carbocycles. The molecule has 1 N–H and O–H groups in total. The van der Waals surface area contributed by atoms with Gasteiger partial charge in [0, 0.05) is 10.6 Å². The third-order valence-corrected chi connectivity index (χ3v) is 3.64. The average Bonchev–Trinajstić information content (AvgIpc) is 3.05. The molecule has 0 atom stereocenters. The van der Waals surface area contributed by atoms with Gasteiger partial charge in [0.2, 0.25) is 11.7 Å². The van der Waals surface area contributed by atoms with E-state index in [4.69, 9.17) is 21.0 Å². The Kier molecular flexibility index (Phi) is 4.77. The molecule has 0 aliphatic carbocycles. The molecule has 3 aromatic rings. The minimum Gasteiger partial charge on any atom is -0.497 e. The maximum Gasteiger partial charge on any atom is 0.230 e. The molecule has 122 valence electrons. The van der Waals surface area contributed by atoms with Crippen molar-refractivity contribution < 1.29 is 14.2 Å². The molecule has 1 aromatic heterocycles. The van der Waals surface area contributed by atoms with Gasteiger partial charge in [0.15, 0.2) is 5.69 Å². The molecule has 0 unspecified atom stereocenters. The highest BCUT2D eigenvalue weighted by molar-refractivity contribution is 6.30. The number of halogens is 1. The third kappa shape index (κ3) is 3.72. The second-order valence-corrected chi connectivity index (χ2v) is 5.48. The zero-order valence-corrected chi connectivity index (χ0v) is 13.6. The number of benzene rings is 2. The summed E-state index contributed by atoms with van der Waals surface area (Å²) in [6, 6.07) is 14.3. The van der Waals surface area contributed by atoms with Gasteiger partial charge in [-0.15, -0.1) is 0 Å². The Bertz CT molecular complexity index is 829. The van der Waals surface area contributed by atoms with E-state index in [-0.39, 0.29) is 18.1 Å². The van der Waals surface area contributed by atoms with E-state index in [1.807, 2.05) is 12.1 Å². The zero-order valence-electron chi connectivity index (χ0n) is 12.8. The lowest BCUT2D eigenvalue weighted by Crippen LogP contribution is -2.15. The minimum atomic E-state index is -0.220. The van der Waals surface area contributed by atoms with Crippen LogP contribution in [0, 0.1) is 0 Å². The summed E-state index contributed by atoms with van der Waals surface area (Å²) in [7, 11) is 1.59. The summed E-state index contributed by atoms with van der Waals surface area (Å²) in [5.41, 5.74) is 2.07. The van der Waals surface area contributed by atoms with Gasteiger partial charge >= 0.3 is 0 Å². The Morgan fingerprint density at radius 2 is 1.83 bits per heavy atom. The lowest BCUT2D eigenvalue weighted by molar-refractivity contribution is -0.115. The zero-order chi connectivity index (χ0) is 16.9. The van der Waals surface area contributed by atoms with E-state index in [9.17, 15) is 4.79 Å². The van der Waals surface area contributed by atoms with Gasteiger partial charge in [-0.2, -0.15) is 0 Å². The number of hydrogen-bond acceptors (Lipinski definition) is 5. The number of nitrogens with one attached hydrogen (secondary N) is 1. The number of rotatable bonds is 5. The molecule has 1 amide bonds. The molecule has 3 rings (SSSR count). The number of nitrogens with zero attached hydrogens (tertiary/aromatic N) is 2. The molecule has 7 heteroatoms. The van der Waals surface area contributed by atoms with Crippen molar-refractivity contribution in [1.82, 2.24) is 10.3 Å². The Morgan fingerprint density at radius 3 is 2.50 bits per heavy atom. The quantitative estimate of drug-likeness (QED) is 0.766. The van der Waals surface area contributed by atoms with Gasteiger partial charge in [0.1, 0.15) is 5.75 Å². The van der Waals surface area contributed by atoms with E-state index in [2.05, 4.69) is 15.6 Å². The molecular weight excluding hydrogens is 330 g/mol. The van der Waals surface area contributed by atoms with Gasteiger partial charge in [-0.25, -0.2) is 4.63 Å². The molecule has 6 nitrogen and oxygen atoms in total. The Labute approximate surface area is 143 Å². The number of ether oxygens (including phenoxy) is 1. The molecule has 0 spiro atoms. The summed E-state index contributed by atoms with van der Waals surface area (Å²) in [5, 5.41) is 11.0. The standard InChI is InChI=1S/C17H14ClN3O3/c1-23-14-8-4-12(5-9-14)16-17(21-24-20-16)19-15(22)10-11-2-6-13(18)7-3-11/h2-9H,10H2,1H3,(H,19,21,22). The normalized spacial score (nSPS) is 10.4. The highest BCUT2D eigenvalue weighted by Gasteiger charge is 2.15. The molecule has 0 aliphatic rings. The van der Waals surface area contributed by atoms with E-state index >= 15 is 0 Å². The van der Waals surface area contributed by atoms with E-state index in [1.165, 1.54) is 0 Å². The van der Waals surface area contributed by atoms with Crippen LogP contribution in [0.25, 0.3) is 11.3 Å². The Morgan fingerprint density at radius 1 is 1.12 bits per heavy atom. The lowest BCUT2D eigenvalue weighted by Gasteiger charge is -2.04. The van der Waals surface area contributed by atoms with Gasteiger partial charge in [-0.05, 0) is 52.3 Å². The van der Waals surface area contributed by atoms with Crippen molar-refractivity contribution in [3.05, 3.63) is 59.1 Å². The summed E-state index contributed by atoms with van der Waals surface area (Å²) in [5.74, 6) is 0.783. The second-order valence-electron chi connectivity index (χ2n) is 5.04. The smallest absolute Gasteiger partial charge is 0.230 e. The maximum atomic E-state index is 12.2. The van der Waals surface area contributed by atoms with Crippen LogP contribution in [0.3, 0.4) is 0 Å². The fraction of sp³-hybridized carbons (Fsp3) is 0.118. The minimum absolute atomic E-state index is 0.200. The third-order valence-electron chi connectivity index (χ3n) is 3.39. The number of carbonyl (C=O) groups is 1. The lowest BCUT2D eigenvalue weighted by atomic mass is 10.1. The van der Waals surface area contributed by atoms with Crippen LogP contribution >= 0.6 is 11.6 Å². The van der Waals surface area contributed by atoms with Crippen LogP contribution in [0.15, 0.2) is 53.2 Å². The van der Waals surface area contributed by atoms with Crippen molar-refractivity contribution in [2.75, 3.05) is 12.4 Å². The van der Waals surface area contributed by atoms with Crippen LogP contribution in [0.1, 0.15) is 5.56 Å². The van der Waals surface area contributed by atoms with Crippen LogP contribution in [0.4, 0.5) is 5.82 Å². The molecule has 1 heterocycles. The predicted molar refractivity (Wildman–Crippen MR) is 90.1 cm³/mol. The predicted octanol–water partition coefficient (Wildman–Crippen LogP) is 3.58. The van der Waals surface area contributed by atoms with Gasteiger partial charge in [-0.1, -0.05) is 23.7 Å². The molecular formula is C17H14ClN3O3. The highest BCUT2D eigenvalue weighted by Crippen LogP contribution is 2.26. The summed E-state index contributed by atoms with van der Waals surface area (Å²) >= 11 is 5.83. The topological polar surface area (TPSA) is 77.2 Å². The molecule has 0 radical (unpaired) electrons. The number of amides is 1. The van der Waals surface area contributed by atoms with Crippen LogP contribution in [0.2, 0.25) is 5.02 Å². The number of methoxy groups -OCH3 is 1.